The normalized spacial score (nSPS) is 14.8. The van der Waals surface area contributed by atoms with Gasteiger partial charge in [-0.1, -0.05) is 35.9 Å². The molecule has 0 radical (unpaired) electrons. The lowest BCUT2D eigenvalue weighted by Gasteiger charge is -2.30. The molecule has 0 aliphatic carbocycles. The van der Waals surface area contributed by atoms with Crippen LogP contribution in [0.3, 0.4) is 0 Å². The molecule has 33 heavy (non-hydrogen) atoms. The number of methoxy groups -OCH3 is 1. The Kier molecular flexibility index (Phi) is 5.21. The van der Waals surface area contributed by atoms with Gasteiger partial charge in [0.1, 0.15) is 5.75 Å². The first-order valence-corrected chi connectivity index (χ1v) is 11.0. The molecule has 2 heterocycles. The second-order valence-corrected chi connectivity index (χ2v) is 8.47. The number of benzene rings is 3. The Morgan fingerprint density at radius 2 is 1.70 bits per heavy atom. The van der Waals surface area contributed by atoms with Gasteiger partial charge in [0.15, 0.2) is 0 Å². The van der Waals surface area contributed by atoms with Crippen LogP contribution in [0.15, 0.2) is 60.7 Å². The summed E-state index contributed by atoms with van der Waals surface area (Å²) in [6, 6.07) is 18.2. The first-order valence-electron chi connectivity index (χ1n) is 11.0. The minimum absolute atomic E-state index is 0.0897. The van der Waals surface area contributed by atoms with Gasteiger partial charge in [-0.25, -0.2) is 0 Å². The largest absolute Gasteiger partial charge is 0.496 e. The van der Waals surface area contributed by atoms with Crippen LogP contribution in [0.4, 0.5) is 5.69 Å². The summed E-state index contributed by atoms with van der Waals surface area (Å²) in [7, 11) is 1.53. The van der Waals surface area contributed by atoms with E-state index in [-0.39, 0.29) is 24.3 Å². The van der Waals surface area contributed by atoms with Crippen LogP contribution in [0.25, 0.3) is 0 Å². The molecular formula is C27H24N2O4. The Balaban J connectivity index is 1.46. The van der Waals surface area contributed by atoms with E-state index < -0.39 is 0 Å². The number of imide groups is 1. The Morgan fingerprint density at radius 3 is 2.39 bits per heavy atom. The molecule has 0 atom stereocenters. The zero-order valence-electron chi connectivity index (χ0n) is 18.6. The van der Waals surface area contributed by atoms with Gasteiger partial charge >= 0.3 is 0 Å². The van der Waals surface area contributed by atoms with E-state index in [0.717, 1.165) is 24.1 Å². The van der Waals surface area contributed by atoms with Crippen molar-refractivity contribution in [3.8, 4) is 5.75 Å². The van der Waals surface area contributed by atoms with Gasteiger partial charge in [-0.2, -0.15) is 0 Å². The number of fused-ring (bicyclic) bond motifs is 2. The number of carbonyl (C=O) groups excluding carboxylic acids is 3. The highest BCUT2D eigenvalue weighted by Crippen LogP contribution is 2.32. The SMILES string of the molecule is COc1ccc(CN2C(=O)c3ccccc3C2=O)cc1C(=O)N1CCCc2cc(C)ccc21. The number of rotatable bonds is 4. The number of nitrogens with zero attached hydrogens (tertiary/aromatic N) is 2. The number of ether oxygens (including phenoxy) is 1. The topological polar surface area (TPSA) is 66.9 Å². The molecule has 0 saturated heterocycles. The minimum Gasteiger partial charge on any atom is -0.496 e. The summed E-state index contributed by atoms with van der Waals surface area (Å²) in [5.74, 6) is -0.328. The second-order valence-electron chi connectivity index (χ2n) is 8.47. The fourth-order valence-corrected chi connectivity index (χ4v) is 4.67. The van der Waals surface area contributed by atoms with E-state index >= 15 is 0 Å². The number of carbonyl (C=O) groups is 3. The summed E-state index contributed by atoms with van der Waals surface area (Å²) in [5.41, 5.74) is 5.18. The minimum atomic E-state index is -0.320. The second kappa shape index (κ2) is 8.20. The zero-order chi connectivity index (χ0) is 23.1. The van der Waals surface area contributed by atoms with E-state index in [1.165, 1.54) is 17.6 Å². The zero-order valence-corrected chi connectivity index (χ0v) is 18.6. The summed E-state index contributed by atoms with van der Waals surface area (Å²) in [5, 5.41) is 0. The molecule has 3 aromatic carbocycles. The molecule has 0 N–H and O–H groups in total. The summed E-state index contributed by atoms with van der Waals surface area (Å²) in [6.45, 7) is 2.76. The molecule has 0 unspecified atom stereocenters. The quantitative estimate of drug-likeness (QED) is 0.565. The molecule has 2 aliphatic heterocycles. The molecule has 166 valence electrons. The van der Waals surface area contributed by atoms with E-state index in [2.05, 4.69) is 6.07 Å². The van der Waals surface area contributed by atoms with E-state index in [0.29, 0.717) is 34.5 Å². The fraction of sp³-hybridized carbons (Fsp3) is 0.222. The number of hydrogen-bond acceptors (Lipinski definition) is 4. The maximum Gasteiger partial charge on any atom is 0.262 e. The van der Waals surface area contributed by atoms with E-state index in [4.69, 9.17) is 4.74 Å². The molecule has 0 bridgehead atoms. The third kappa shape index (κ3) is 3.57. The van der Waals surface area contributed by atoms with Gasteiger partial charge in [-0.05, 0) is 61.2 Å². The van der Waals surface area contributed by atoms with Crippen LogP contribution < -0.4 is 9.64 Å². The summed E-state index contributed by atoms with van der Waals surface area (Å²) in [6.07, 6.45) is 1.83. The van der Waals surface area contributed by atoms with Crippen LogP contribution in [-0.2, 0) is 13.0 Å². The van der Waals surface area contributed by atoms with Crippen LogP contribution in [-0.4, -0.2) is 36.3 Å². The van der Waals surface area contributed by atoms with Crippen molar-refractivity contribution in [1.29, 1.82) is 0 Å². The van der Waals surface area contributed by atoms with Crippen molar-refractivity contribution in [1.82, 2.24) is 4.90 Å². The first kappa shape index (κ1) is 20.9. The monoisotopic (exact) mass is 440 g/mol. The summed E-state index contributed by atoms with van der Waals surface area (Å²) in [4.78, 5) is 42.2. The summed E-state index contributed by atoms with van der Waals surface area (Å²) >= 11 is 0. The van der Waals surface area contributed by atoms with Gasteiger partial charge in [0.25, 0.3) is 17.7 Å². The Labute approximate surface area is 192 Å². The Bertz CT molecular complexity index is 1260. The Morgan fingerprint density at radius 1 is 0.970 bits per heavy atom. The van der Waals surface area contributed by atoms with Crippen LogP contribution in [0, 0.1) is 6.92 Å². The van der Waals surface area contributed by atoms with E-state index in [9.17, 15) is 14.4 Å². The van der Waals surface area contributed by atoms with Crippen molar-refractivity contribution in [3.05, 3.63) is 94.0 Å². The lowest BCUT2D eigenvalue weighted by Crippen LogP contribution is -2.36. The van der Waals surface area contributed by atoms with Crippen LogP contribution in [0.5, 0.6) is 5.75 Å². The molecule has 0 spiro atoms. The van der Waals surface area contributed by atoms with E-state index in [1.54, 1.807) is 47.4 Å². The van der Waals surface area contributed by atoms with Crippen molar-refractivity contribution in [2.24, 2.45) is 0 Å². The van der Waals surface area contributed by atoms with Crippen molar-refractivity contribution in [2.75, 3.05) is 18.6 Å². The van der Waals surface area contributed by atoms with Gasteiger partial charge in [0.2, 0.25) is 0 Å². The average Bonchev–Trinajstić information content (AvgIpc) is 3.08. The maximum atomic E-state index is 13.6. The predicted molar refractivity (Wildman–Crippen MR) is 125 cm³/mol. The smallest absolute Gasteiger partial charge is 0.262 e. The number of aryl methyl sites for hydroxylation is 2. The van der Waals surface area contributed by atoms with Crippen LogP contribution >= 0.6 is 0 Å². The average molecular weight is 440 g/mol. The standard InChI is InChI=1S/C27H24N2O4/c1-17-9-11-23-19(14-17)6-5-13-28(23)27(32)22-15-18(10-12-24(22)33-2)16-29-25(30)20-7-3-4-8-21(20)26(29)31/h3-4,7-12,14-15H,5-6,13,16H2,1-2H3. The molecular weight excluding hydrogens is 416 g/mol. The summed E-state index contributed by atoms with van der Waals surface area (Å²) < 4.78 is 5.49. The highest BCUT2D eigenvalue weighted by Gasteiger charge is 2.35. The lowest BCUT2D eigenvalue weighted by atomic mass is 9.98. The molecule has 6 nitrogen and oxygen atoms in total. The first-order chi connectivity index (χ1) is 16.0. The highest BCUT2D eigenvalue weighted by atomic mass is 16.5. The lowest BCUT2D eigenvalue weighted by molar-refractivity contribution is 0.0642. The van der Waals surface area contributed by atoms with Gasteiger partial charge in [-0.3, -0.25) is 19.3 Å². The Hall–Kier alpha value is -3.93. The van der Waals surface area contributed by atoms with Crippen molar-refractivity contribution in [3.63, 3.8) is 0 Å². The molecule has 5 rings (SSSR count). The molecule has 3 aromatic rings. The highest BCUT2D eigenvalue weighted by molar-refractivity contribution is 6.21. The van der Waals surface area contributed by atoms with Crippen molar-refractivity contribution < 1.29 is 19.1 Å². The number of amides is 3. The molecule has 0 fully saturated rings. The van der Waals surface area contributed by atoms with Gasteiger partial charge in [0.05, 0.1) is 30.3 Å². The third-order valence-corrected chi connectivity index (χ3v) is 6.31. The van der Waals surface area contributed by atoms with E-state index in [1.807, 2.05) is 19.1 Å². The molecule has 3 amide bonds. The third-order valence-electron chi connectivity index (χ3n) is 6.31. The maximum absolute atomic E-state index is 13.6. The van der Waals surface area contributed by atoms with Crippen molar-refractivity contribution >= 4 is 23.4 Å². The van der Waals surface area contributed by atoms with Gasteiger partial charge < -0.3 is 9.64 Å². The van der Waals surface area contributed by atoms with Gasteiger partial charge in [-0.15, -0.1) is 0 Å². The van der Waals surface area contributed by atoms with Crippen LogP contribution in [0.2, 0.25) is 0 Å². The molecule has 6 heteroatoms. The van der Waals surface area contributed by atoms with Crippen LogP contribution in [0.1, 0.15) is 54.2 Å². The molecule has 0 aromatic heterocycles. The fourth-order valence-electron chi connectivity index (χ4n) is 4.67. The predicted octanol–water partition coefficient (Wildman–Crippen LogP) is 4.39. The molecule has 0 saturated carbocycles. The van der Waals surface area contributed by atoms with Crippen molar-refractivity contribution in [2.45, 2.75) is 26.3 Å². The molecule has 2 aliphatic rings. The van der Waals surface area contributed by atoms with Gasteiger partial charge in [0, 0.05) is 12.2 Å². The number of anilines is 1. The number of hydrogen-bond donors (Lipinski definition) is 0.